The van der Waals surface area contributed by atoms with Gasteiger partial charge in [-0.3, -0.25) is 0 Å². The smallest absolute Gasteiger partial charge is 0.165 e. The van der Waals surface area contributed by atoms with Crippen LogP contribution in [0.3, 0.4) is 0 Å². The normalized spacial score (nSPS) is 12.2. The van der Waals surface area contributed by atoms with Gasteiger partial charge in [-0.2, -0.15) is 0 Å². The van der Waals surface area contributed by atoms with Crippen LogP contribution in [0, 0.1) is 5.82 Å². The van der Waals surface area contributed by atoms with Crippen molar-refractivity contribution in [2.75, 3.05) is 0 Å². The van der Waals surface area contributed by atoms with E-state index in [1.807, 2.05) is 25.1 Å². The number of hydrogen-bond acceptors (Lipinski definition) is 2. The van der Waals surface area contributed by atoms with E-state index in [2.05, 4.69) is 31.9 Å². The Hall–Kier alpha value is -0.910. The monoisotopic (exact) mass is 415 g/mol. The summed E-state index contributed by atoms with van der Waals surface area (Å²) in [4.78, 5) is 0. The molecule has 0 spiro atoms. The highest BCUT2D eigenvalue weighted by Crippen LogP contribution is 2.32. The van der Waals surface area contributed by atoms with Crippen LogP contribution in [0.4, 0.5) is 4.39 Å². The summed E-state index contributed by atoms with van der Waals surface area (Å²) in [6.45, 7) is 2.04. The van der Waals surface area contributed by atoms with E-state index in [-0.39, 0.29) is 11.8 Å². The summed E-state index contributed by atoms with van der Waals surface area (Å²) in [6, 6.07) is 10.4. The number of benzene rings is 2. The first-order chi connectivity index (χ1) is 9.99. The molecule has 112 valence electrons. The summed E-state index contributed by atoms with van der Waals surface area (Å²) in [5.41, 5.74) is 6.98. The first kappa shape index (κ1) is 16.5. The standard InChI is InChI=1S/C16H16Br2FNO/c1-2-13(20)7-10-3-4-11(17)8-15(10)21-16-9-12(18)5-6-14(16)19/h3-6,8-9,13H,2,7,20H2,1H3. The van der Waals surface area contributed by atoms with Gasteiger partial charge in [0.15, 0.2) is 11.6 Å². The lowest BCUT2D eigenvalue weighted by Crippen LogP contribution is -2.21. The molecule has 0 heterocycles. The fraction of sp³-hybridized carbons (Fsp3) is 0.250. The number of rotatable bonds is 5. The van der Waals surface area contributed by atoms with Gasteiger partial charge in [-0.1, -0.05) is 44.8 Å². The van der Waals surface area contributed by atoms with Crippen LogP contribution in [-0.2, 0) is 6.42 Å². The second kappa shape index (κ2) is 7.38. The largest absolute Gasteiger partial charge is 0.454 e. The SMILES string of the molecule is CCC(N)Cc1ccc(Br)cc1Oc1cc(Br)ccc1F. The van der Waals surface area contributed by atoms with Crippen molar-refractivity contribution in [3.8, 4) is 11.5 Å². The Labute approximate surface area is 140 Å². The van der Waals surface area contributed by atoms with Crippen molar-refractivity contribution >= 4 is 31.9 Å². The fourth-order valence-corrected chi connectivity index (χ4v) is 2.57. The van der Waals surface area contributed by atoms with Gasteiger partial charge in [0.2, 0.25) is 0 Å². The summed E-state index contributed by atoms with van der Waals surface area (Å²) in [6.07, 6.45) is 1.56. The molecule has 5 heteroatoms. The highest BCUT2D eigenvalue weighted by atomic mass is 79.9. The number of hydrogen-bond donors (Lipinski definition) is 1. The van der Waals surface area contributed by atoms with Gasteiger partial charge in [-0.15, -0.1) is 0 Å². The molecule has 0 bridgehead atoms. The summed E-state index contributed by atoms with van der Waals surface area (Å²) >= 11 is 6.73. The van der Waals surface area contributed by atoms with Crippen molar-refractivity contribution in [2.45, 2.75) is 25.8 Å². The Bertz CT molecular complexity index is 634. The van der Waals surface area contributed by atoms with Crippen molar-refractivity contribution in [3.63, 3.8) is 0 Å². The second-order valence-electron chi connectivity index (χ2n) is 4.80. The summed E-state index contributed by atoms with van der Waals surface area (Å²) < 4.78 is 21.2. The molecular weight excluding hydrogens is 401 g/mol. The lowest BCUT2D eigenvalue weighted by Gasteiger charge is -2.15. The fourth-order valence-electron chi connectivity index (χ4n) is 1.89. The van der Waals surface area contributed by atoms with Crippen molar-refractivity contribution in [1.29, 1.82) is 0 Å². The Morgan fingerprint density at radius 2 is 1.71 bits per heavy atom. The quantitative estimate of drug-likeness (QED) is 0.705. The van der Waals surface area contributed by atoms with Gasteiger partial charge in [-0.05, 0) is 48.7 Å². The predicted octanol–water partition coefficient (Wildman–Crippen LogP) is 5.42. The van der Waals surface area contributed by atoms with Gasteiger partial charge in [0.25, 0.3) is 0 Å². The first-order valence-corrected chi connectivity index (χ1v) is 8.25. The molecule has 21 heavy (non-hydrogen) atoms. The molecular formula is C16H16Br2FNO. The highest BCUT2D eigenvalue weighted by Gasteiger charge is 2.12. The maximum Gasteiger partial charge on any atom is 0.165 e. The second-order valence-corrected chi connectivity index (χ2v) is 6.63. The molecule has 2 aromatic rings. The van der Waals surface area contributed by atoms with Gasteiger partial charge in [-0.25, -0.2) is 4.39 Å². The molecule has 0 aromatic heterocycles. The Balaban J connectivity index is 2.33. The molecule has 0 saturated heterocycles. The average Bonchev–Trinajstić information content (AvgIpc) is 2.45. The Morgan fingerprint density at radius 1 is 1.10 bits per heavy atom. The lowest BCUT2D eigenvalue weighted by atomic mass is 10.0. The molecule has 0 saturated carbocycles. The van der Waals surface area contributed by atoms with Crippen LogP contribution in [0.25, 0.3) is 0 Å². The zero-order chi connectivity index (χ0) is 15.4. The summed E-state index contributed by atoms with van der Waals surface area (Å²) in [5, 5.41) is 0. The third-order valence-corrected chi connectivity index (χ3v) is 4.14. The molecule has 2 nitrogen and oxygen atoms in total. The molecule has 0 radical (unpaired) electrons. The van der Waals surface area contributed by atoms with Crippen LogP contribution in [-0.4, -0.2) is 6.04 Å². The van der Waals surface area contributed by atoms with E-state index in [4.69, 9.17) is 10.5 Å². The van der Waals surface area contributed by atoms with E-state index in [1.54, 1.807) is 12.1 Å². The predicted molar refractivity (Wildman–Crippen MR) is 90.3 cm³/mol. The molecule has 0 amide bonds. The van der Waals surface area contributed by atoms with Crippen LogP contribution in [0.1, 0.15) is 18.9 Å². The van der Waals surface area contributed by atoms with E-state index in [1.165, 1.54) is 6.07 Å². The maximum atomic E-state index is 13.8. The van der Waals surface area contributed by atoms with E-state index < -0.39 is 5.82 Å². The van der Waals surface area contributed by atoms with Crippen LogP contribution in [0.2, 0.25) is 0 Å². The molecule has 0 aliphatic heterocycles. The van der Waals surface area contributed by atoms with Gasteiger partial charge in [0.05, 0.1) is 0 Å². The van der Waals surface area contributed by atoms with E-state index in [9.17, 15) is 4.39 Å². The third kappa shape index (κ3) is 4.53. The third-order valence-electron chi connectivity index (χ3n) is 3.15. The topological polar surface area (TPSA) is 35.2 Å². The molecule has 1 atom stereocenters. The van der Waals surface area contributed by atoms with Crippen molar-refractivity contribution in [3.05, 3.63) is 56.7 Å². The van der Waals surface area contributed by atoms with Crippen molar-refractivity contribution in [1.82, 2.24) is 0 Å². The number of nitrogens with two attached hydrogens (primary N) is 1. The molecule has 0 aliphatic rings. The van der Waals surface area contributed by atoms with Gasteiger partial charge in [0.1, 0.15) is 5.75 Å². The molecule has 2 aromatic carbocycles. The molecule has 0 aliphatic carbocycles. The Morgan fingerprint density at radius 3 is 2.38 bits per heavy atom. The summed E-state index contributed by atoms with van der Waals surface area (Å²) in [7, 11) is 0. The summed E-state index contributed by atoms with van der Waals surface area (Å²) in [5.74, 6) is 0.406. The zero-order valence-corrected chi connectivity index (χ0v) is 14.7. The minimum atomic E-state index is -0.399. The minimum absolute atomic E-state index is 0.0564. The zero-order valence-electron chi connectivity index (χ0n) is 11.6. The van der Waals surface area contributed by atoms with Crippen LogP contribution >= 0.6 is 31.9 Å². The number of ether oxygens (including phenoxy) is 1. The van der Waals surface area contributed by atoms with E-state index in [0.29, 0.717) is 12.2 Å². The van der Waals surface area contributed by atoms with Crippen LogP contribution < -0.4 is 10.5 Å². The lowest BCUT2D eigenvalue weighted by molar-refractivity contribution is 0.435. The van der Waals surface area contributed by atoms with Crippen molar-refractivity contribution in [2.24, 2.45) is 5.73 Å². The highest BCUT2D eigenvalue weighted by molar-refractivity contribution is 9.10. The van der Waals surface area contributed by atoms with Crippen molar-refractivity contribution < 1.29 is 9.13 Å². The molecule has 1 unspecified atom stereocenters. The maximum absolute atomic E-state index is 13.8. The Kier molecular flexibility index (Phi) is 5.79. The van der Waals surface area contributed by atoms with E-state index in [0.717, 1.165) is 20.9 Å². The molecule has 2 rings (SSSR count). The van der Waals surface area contributed by atoms with Gasteiger partial charge < -0.3 is 10.5 Å². The van der Waals surface area contributed by atoms with Crippen LogP contribution in [0.15, 0.2) is 45.3 Å². The van der Waals surface area contributed by atoms with Gasteiger partial charge in [0, 0.05) is 15.0 Å². The van der Waals surface area contributed by atoms with Gasteiger partial charge >= 0.3 is 0 Å². The number of halogens is 3. The van der Waals surface area contributed by atoms with Crippen LogP contribution in [0.5, 0.6) is 11.5 Å². The molecule has 0 fully saturated rings. The average molecular weight is 417 g/mol. The molecule has 2 N–H and O–H groups in total. The minimum Gasteiger partial charge on any atom is -0.454 e. The first-order valence-electron chi connectivity index (χ1n) is 6.66. The van der Waals surface area contributed by atoms with E-state index >= 15 is 0 Å².